The van der Waals surface area contributed by atoms with E-state index >= 15 is 0 Å². The first-order valence-corrected chi connectivity index (χ1v) is 5.72. The molecule has 0 saturated carbocycles. The Labute approximate surface area is 106 Å². The zero-order valence-electron chi connectivity index (χ0n) is 11.2. The predicted octanol–water partition coefficient (Wildman–Crippen LogP) is -0.542. The molecule has 0 aromatic carbocycles. The summed E-state index contributed by atoms with van der Waals surface area (Å²) in [5.41, 5.74) is -0.241. The van der Waals surface area contributed by atoms with Crippen LogP contribution in [0, 0.1) is 0 Å². The first kappa shape index (κ1) is 14.6. The van der Waals surface area contributed by atoms with Crippen LogP contribution in [-0.2, 0) is 5.54 Å². The maximum atomic E-state index is 11.9. The summed E-state index contributed by atoms with van der Waals surface area (Å²) in [4.78, 5) is 17.2. The van der Waals surface area contributed by atoms with Gasteiger partial charge in [0.05, 0.1) is 18.2 Å². The Morgan fingerprint density at radius 2 is 2.17 bits per heavy atom. The van der Waals surface area contributed by atoms with Gasteiger partial charge in [-0.3, -0.25) is 4.79 Å². The lowest BCUT2D eigenvalue weighted by Crippen LogP contribution is -2.36. The van der Waals surface area contributed by atoms with Crippen molar-refractivity contribution in [2.45, 2.75) is 32.4 Å². The summed E-state index contributed by atoms with van der Waals surface area (Å²) >= 11 is 0. The molecule has 1 aromatic rings. The van der Waals surface area contributed by atoms with E-state index in [0.29, 0.717) is 0 Å². The summed E-state index contributed by atoms with van der Waals surface area (Å²) in [6, 6.07) is 0. The van der Waals surface area contributed by atoms with E-state index in [0.717, 1.165) is 0 Å². The van der Waals surface area contributed by atoms with Crippen molar-refractivity contribution in [3.63, 3.8) is 0 Å². The van der Waals surface area contributed by atoms with Gasteiger partial charge < -0.3 is 15.1 Å². The lowest BCUT2D eigenvalue weighted by molar-refractivity contribution is 0.0512. The molecule has 7 nitrogen and oxygen atoms in total. The van der Waals surface area contributed by atoms with Crippen molar-refractivity contribution in [3.05, 3.63) is 12.2 Å². The quantitative estimate of drug-likeness (QED) is 0.755. The van der Waals surface area contributed by atoms with Crippen molar-refractivity contribution in [1.29, 1.82) is 0 Å². The van der Waals surface area contributed by atoms with Gasteiger partial charge in [-0.05, 0) is 20.8 Å². The second-order valence-corrected chi connectivity index (χ2v) is 5.21. The highest BCUT2D eigenvalue weighted by atomic mass is 16.3. The number of hydrogen-bond donors (Lipinski definition) is 2. The molecule has 0 fully saturated rings. The highest BCUT2D eigenvalue weighted by molar-refractivity contribution is 5.90. The van der Waals surface area contributed by atoms with Crippen LogP contribution in [0.4, 0.5) is 0 Å². The number of likely N-dealkylation sites (N-methyl/N-ethyl adjacent to an activating group) is 1. The molecular formula is C11H20N4O3. The number of aliphatic hydroxyl groups is 2. The molecule has 0 radical (unpaired) electrons. The molecule has 1 heterocycles. The summed E-state index contributed by atoms with van der Waals surface area (Å²) in [6.45, 7) is 5.51. The van der Waals surface area contributed by atoms with Crippen molar-refractivity contribution in [1.82, 2.24) is 19.7 Å². The molecule has 0 unspecified atom stereocenters. The van der Waals surface area contributed by atoms with Gasteiger partial charge in [-0.1, -0.05) is 0 Å². The normalized spacial score (nSPS) is 13.4. The summed E-state index contributed by atoms with van der Waals surface area (Å²) < 4.78 is 1.61. The van der Waals surface area contributed by atoms with Crippen LogP contribution in [-0.4, -0.2) is 62.1 Å². The molecule has 1 aromatic heterocycles. The van der Waals surface area contributed by atoms with Crippen LogP contribution >= 0.6 is 0 Å². The summed E-state index contributed by atoms with van der Waals surface area (Å²) in [7, 11) is 1.53. The van der Waals surface area contributed by atoms with Crippen LogP contribution in [0.15, 0.2) is 6.33 Å². The minimum atomic E-state index is -0.955. The molecule has 102 valence electrons. The van der Waals surface area contributed by atoms with Gasteiger partial charge in [0.15, 0.2) is 0 Å². The number of nitrogens with zero attached hydrogens (tertiary/aromatic N) is 4. The van der Waals surface area contributed by atoms with Crippen molar-refractivity contribution in [2.24, 2.45) is 0 Å². The van der Waals surface area contributed by atoms with E-state index in [1.165, 1.54) is 18.3 Å². The molecule has 0 spiro atoms. The van der Waals surface area contributed by atoms with Crippen LogP contribution < -0.4 is 0 Å². The molecule has 1 rings (SSSR count). The van der Waals surface area contributed by atoms with Crippen LogP contribution in [0.2, 0.25) is 0 Å². The third-order valence-electron chi connectivity index (χ3n) is 2.41. The molecule has 2 N–H and O–H groups in total. The molecule has 0 aliphatic rings. The lowest BCUT2D eigenvalue weighted by atomic mass is 10.1. The fraction of sp³-hybridized carbons (Fsp3) is 0.727. The Hall–Kier alpha value is -1.47. The zero-order valence-corrected chi connectivity index (χ0v) is 11.2. The Kier molecular flexibility index (Phi) is 4.42. The van der Waals surface area contributed by atoms with E-state index in [-0.39, 0.29) is 30.4 Å². The first-order valence-electron chi connectivity index (χ1n) is 5.72. The summed E-state index contributed by atoms with van der Waals surface area (Å²) in [5.74, 6) is -0.303. The van der Waals surface area contributed by atoms with Crippen LogP contribution in [0.25, 0.3) is 0 Å². The van der Waals surface area contributed by atoms with Crippen LogP contribution in [0.5, 0.6) is 0 Å². The average molecular weight is 256 g/mol. The maximum absolute atomic E-state index is 11.9. The maximum Gasteiger partial charge on any atom is 0.293 e. The molecule has 0 saturated heterocycles. The van der Waals surface area contributed by atoms with Crippen LogP contribution in [0.1, 0.15) is 31.4 Å². The standard InChI is InChI=1S/C11H20N4O3/c1-11(2,3)15-7-12-9(13-15)10(18)14(4)5-8(17)6-16/h7-8,16-17H,5-6H2,1-4H3/t8-/m0/s1. The number of rotatable bonds is 4. The molecule has 1 atom stereocenters. The van der Waals surface area contributed by atoms with E-state index in [2.05, 4.69) is 10.1 Å². The van der Waals surface area contributed by atoms with Crippen molar-refractivity contribution >= 4 is 5.91 Å². The monoisotopic (exact) mass is 256 g/mol. The topological polar surface area (TPSA) is 91.5 Å². The first-order chi connectivity index (χ1) is 8.25. The molecule has 1 amide bonds. The molecule has 18 heavy (non-hydrogen) atoms. The minimum absolute atomic E-state index is 0.0411. The van der Waals surface area contributed by atoms with E-state index in [1.807, 2.05) is 20.8 Å². The van der Waals surface area contributed by atoms with E-state index < -0.39 is 6.10 Å². The van der Waals surface area contributed by atoms with Gasteiger partial charge in [0, 0.05) is 13.6 Å². The number of hydrogen-bond acceptors (Lipinski definition) is 5. The molecule has 0 aliphatic carbocycles. The Balaban J connectivity index is 2.76. The molecular weight excluding hydrogens is 236 g/mol. The van der Waals surface area contributed by atoms with Gasteiger partial charge >= 0.3 is 0 Å². The highest BCUT2D eigenvalue weighted by Gasteiger charge is 2.21. The van der Waals surface area contributed by atoms with Gasteiger partial charge in [-0.15, -0.1) is 5.10 Å². The van der Waals surface area contributed by atoms with Gasteiger partial charge in [-0.25, -0.2) is 9.67 Å². The second-order valence-electron chi connectivity index (χ2n) is 5.21. The highest BCUT2D eigenvalue weighted by Crippen LogP contribution is 2.11. The molecule has 0 bridgehead atoms. The summed E-state index contributed by atoms with van der Waals surface area (Å²) in [5, 5.41) is 22.1. The SMILES string of the molecule is CN(C[C@H](O)CO)C(=O)c1ncn(C(C)(C)C)n1. The molecule has 0 aliphatic heterocycles. The van der Waals surface area contributed by atoms with E-state index in [9.17, 15) is 9.90 Å². The number of amides is 1. The second kappa shape index (κ2) is 5.45. The Bertz CT molecular complexity index is 411. The Morgan fingerprint density at radius 1 is 1.56 bits per heavy atom. The van der Waals surface area contributed by atoms with Gasteiger partial charge in [0.2, 0.25) is 5.82 Å². The van der Waals surface area contributed by atoms with E-state index in [4.69, 9.17) is 5.11 Å². The van der Waals surface area contributed by atoms with Gasteiger partial charge in [0.25, 0.3) is 5.91 Å². The fourth-order valence-electron chi connectivity index (χ4n) is 1.31. The number of aromatic nitrogens is 3. The summed E-state index contributed by atoms with van der Waals surface area (Å²) in [6.07, 6.45) is 0.549. The van der Waals surface area contributed by atoms with Gasteiger partial charge in [0.1, 0.15) is 6.33 Å². The zero-order chi connectivity index (χ0) is 13.9. The molecule has 7 heteroatoms. The number of carbonyl (C=O) groups is 1. The third kappa shape index (κ3) is 3.51. The van der Waals surface area contributed by atoms with Gasteiger partial charge in [-0.2, -0.15) is 0 Å². The van der Waals surface area contributed by atoms with Crippen molar-refractivity contribution < 1.29 is 15.0 Å². The van der Waals surface area contributed by atoms with Crippen molar-refractivity contribution in [2.75, 3.05) is 20.2 Å². The largest absolute Gasteiger partial charge is 0.394 e. The average Bonchev–Trinajstić information content (AvgIpc) is 2.76. The minimum Gasteiger partial charge on any atom is -0.394 e. The van der Waals surface area contributed by atoms with Crippen molar-refractivity contribution in [3.8, 4) is 0 Å². The third-order valence-corrected chi connectivity index (χ3v) is 2.41. The lowest BCUT2D eigenvalue weighted by Gasteiger charge is -2.19. The Morgan fingerprint density at radius 3 is 2.61 bits per heavy atom. The smallest absolute Gasteiger partial charge is 0.293 e. The van der Waals surface area contributed by atoms with E-state index in [1.54, 1.807) is 4.68 Å². The number of aliphatic hydroxyl groups excluding tert-OH is 2. The number of carbonyl (C=O) groups excluding carboxylic acids is 1. The predicted molar refractivity (Wildman–Crippen MR) is 65.1 cm³/mol. The van der Waals surface area contributed by atoms with Crippen LogP contribution in [0.3, 0.4) is 0 Å². The fourth-order valence-corrected chi connectivity index (χ4v) is 1.31.